The topological polar surface area (TPSA) is 42.0 Å². The van der Waals surface area contributed by atoms with E-state index in [0.717, 1.165) is 11.1 Å². The molecule has 1 unspecified atom stereocenters. The Hall–Kier alpha value is -1.06. The number of hydrogen-bond acceptors (Lipinski definition) is 3. The van der Waals surface area contributed by atoms with Gasteiger partial charge in [-0.3, -0.25) is 0 Å². The van der Waals surface area contributed by atoms with Crippen molar-refractivity contribution in [2.24, 2.45) is 0 Å². The lowest BCUT2D eigenvalue weighted by Gasteiger charge is -2.13. The number of methoxy groups -OCH3 is 1. The first kappa shape index (κ1) is 9.49. The van der Waals surface area contributed by atoms with Crippen molar-refractivity contribution >= 4 is 0 Å². The maximum atomic E-state index is 9.28. The van der Waals surface area contributed by atoms with Crippen LogP contribution in [0, 0.1) is 6.92 Å². The zero-order valence-corrected chi connectivity index (χ0v) is 8.41. The normalized spacial score (nSPS) is 25.0. The van der Waals surface area contributed by atoms with Crippen LogP contribution in [0.15, 0.2) is 18.2 Å². The third-order valence-electron chi connectivity index (χ3n) is 2.57. The van der Waals surface area contributed by atoms with Crippen LogP contribution in [0.3, 0.4) is 0 Å². The lowest BCUT2D eigenvalue weighted by molar-refractivity contribution is 0.120. The van der Waals surface area contributed by atoms with Crippen LogP contribution in [0.2, 0.25) is 0 Å². The molecule has 1 aliphatic heterocycles. The molecule has 1 aliphatic rings. The number of benzene rings is 1. The molecule has 1 saturated heterocycles. The number of rotatable bonds is 3. The molecule has 1 N–H and O–H groups in total. The quantitative estimate of drug-likeness (QED) is 0.743. The summed E-state index contributed by atoms with van der Waals surface area (Å²) in [6.07, 6.45) is 0. The molecule has 0 bridgehead atoms. The standard InChI is InChI=1S/C11H14O3/c1-8-5-9(12)3-4-10(8)11(6-13-2)7-14-11/h3-5,12H,6-7H2,1-2H3. The summed E-state index contributed by atoms with van der Waals surface area (Å²) in [6.45, 7) is 3.24. The molecule has 0 radical (unpaired) electrons. The van der Waals surface area contributed by atoms with E-state index in [1.54, 1.807) is 19.2 Å². The molecule has 0 amide bonds. The van der Waals surface area contributed by atoms with Gasteiger partial charge >= 0.3 is 0 Å². The summed E-state index contributed by atoms with van der Waals surface area (Å²) < 4.78 is 10.6. The lowest BCUT2D eigenvalue weighted by Crippen LogP contribution is -2.17. The van der Waals surface area contributed by atoms with Gasteiger partial charge < -0.3 is 14.6 Å². The summed E-state index contributed by atoms with van der Waals surface area (Å²) in [5, 5.41) is 9.28. The monoisotopic (exact) mass is 194 g/mol. The number of ether oxygens (including phenoxy) is 2. The highest BCUT2D eigenvalue weighted by atomic mass is 16.6. The minimum atomic E-state index is -0.257. The lowest BCUT2D eigenvalue weighted by atomic mass is 9.96. The van der Waals surface area contributed by atoms with Gasteiger partial charge in [0, 0.05) is 7.11 Å². The Labute approximate surface area is 83.3 Å². The van der Waals surface area contributed by atoms with Gasteiger partial charge in [0.2, 0.25) is 0 Å². The maximum Gasteiger partial charge on any atom is 0.140 e. The second-order valence-corrected chi connectivity index (χ2v) is 3.72. The summed E-state index contributed by atoms with van der Waals surface area (Å²) in [6, 6.07) is 5.33. The number of aryl methyl sites for hydroxylation is 1. The Balaban J connectivity index is 2.32. The van der Waals surface area contributed by atoms with Crippen molar-refractivity contribution in [1.82, 2.24) is 0 Å². The Bertz CT molecular complexity index is 342. The minimum absolute atomic E-state index is 0.257. The summed E-state index contributed by atoms with van der Waals surface area (Å²) in [7, 11) is 1.67. The highest BCUT2D eigenvalue weighted by Gasteiger charge is 2.47. The Morgan fingerprint density at radius 1 is 1.57 bits per heavy atom. The van der Waals surface area contributed by atoms with Gasteiger partial charge in [-0.05, 0) is 30.2 Å². The molecular weight excluding hydrogens is 180 g/mol. The number of aromatic hydroxyl groups is 1. The van der Waals surface area contributed by atoms with E-state index >= 15 is 0 Å². The van der Waals surface area contributed by atoms with Gasteiger partial charge in [-0.2, -0.15) is 0 Å². The van der Waals surface area contributed by atoms with Crippen LogP contribution < -0.4 is 0 Å². The first-order chi connectivity index (χ1) is 6.68. The molecule has 14 heavy (non-hydrogen) atoms. The predicted molar refractivity (Wildman–Crippen MR) is 52.3 cm³/mol. The van der Waals surface area contributed by atoms with Crippen molar-refractivity contribution in [2.45, 2.75) is 12.5 Å². The molecule has 1 aromatic carbocycles. The molecule has 0 aromatic heterocycles. The second kappa shape index (κ2) is 3.26. The summed E-state index contributed by atoms with van der Waals surface area (Å²) >= 11 is 0. The van der Waals surface area contributed by atoms with Crippen molar-refractivity contribution in [1.29, 1.82) is 0 Å². The highest BCUT2D eigenvalue weighted by Crippen LogP contribution is 2.41. The second-order valence-electron chi connectivity index (χ2n) is 3.72. The summed E-state index contributed by atoms with van der Waals surface area (Å²) in [5.74, 6) is 0.291. The molecule has 76 valence electrons. The van der Waals surface area contributed by atoms with E-state index in [4.69, 9.17) is 9.47 Å². The average Bonchev–Trinajstić information content (AvgIpc) is 2.86. The maximum absolute atomic E-state index is 9.28. The number of epoxide rings is 1. The van der Waals surface area contributed by atoms with Crippen LogP contribution in [0.4, 0.5) is 0 Å². The molecule has 0 aliphatic carbocycles. The Morgan fingerprint density at radius 3 is 2.79 bits per heavy atom. The van der Waals surface area contributed by atoms with Crippen LogP contribution in [0.5, 0.6) is 5.75 Å². The van der Waals surface area contributed by atoms with Crippen LogP contribution in [-0.4, -0.2) is 25.4 Å². The zero-order valence-electron chi connectivity index (χ0n) is 8.41. The van der Waals surface area contributed by atoms with Gasteiger partial charge in [0.05, 0.1) is 13.2 Å². The van der Waals surface area contributed by atoms with E-state index in [0.29, 0.717) is 19.0 Å². The molecule has 1 fully saturated rings. The summed E-state index contributed by atoms with van der Waals surface area (Å²) in [4.78, 5) is 0. The molecule has 1 heterocycles. The molecule has 1 atom stereocenters. The van der Waals surface area contributed by atoms with Crippen molar-refractivity contribution in [3.05, 3.63) is 29.3 Å². The number of phenols is 1. The molecule has 0 spiro atoms. The van der Waals surface area contributed by atoms with Gasteiger partial charge in [-0.1, -0.05) is 6.07 Å². The largest absolute Gasteiger partial charge is 0.508 e. The van der Waals surface area contributed by atoms with Gasteiger partial charge in [-0.15, -0.1) is 0 Å². The van der Waals surface area contributed by atoms with Gasteiger partial charge in [0.15, 0.2) is 0 Å². The highest BCUT2D eigenvalue weighted by molar-refractivity contribution is 5.39. The smallest absolute Gasteiger partial charge is 0.140 e. The minimum Gasteiger partial charge on any atom is -0.508 e. The van der Waals surface area contributed by atoms with Gasteiger partial charge in [0.1, 0.15) is 11.4 Å². The van der Waals surface area contributed by atoms with Gasteiger partial charge in [0.25, 0.3) is 0 Å². The third kappa shape index (κ3) is 1.49. The fourth-order valence-electron chi connectivity index (χ4n) is 1.80. The Kier molecular flexibility index (Phi) is 2.21. The molecular formula is C11H14O3. The molecule has 0 saturated carbocycles. The zero-order chi connectivity index (χ0) is 10.2. The SMILES string of the molecule is COCC1(c2ccc(O)cc2C)CO1. The molecule has 3 nitrogen and oxygen atoms in total. The van der Waals surface area contributed by atoms with E-state index in [1.807, 2.05) is 13.0 Å². The fraction of sp³-hybridized carbons (Fsp3) is 0.455. The van der Waals surface area contributed by atoms with Gasteiger partial charge in [-0.25, -0.2) is 0 Å². The third-order valence-corrected chi connectivity index (χ3v) is 2.57. The van der Waals surface area contributed by atoms with Crippen LogP contribution in [0.25, 0.3) is 0 Å². The fourth-order valence-corrected chi connectivity index (χ4v) is 1.80. The van der Waals surface area contributed by atoms with Crippen LogP contribution in [0.1, 0.15) is 11.1 Å². The van der Waals surface area contributed by atoms with Crippen LogP contribution in [-0.2, 0) is 15.1 Å². The van der Waals surface area contributed by atoms with E-state index in [-0.39, 0.29) is 5.60 Å². The van der Waals surface area contributed by atoms with E-state index in [9.17, 15) is 5.11 Å². The number of phenolic OH excluding ortho intramolecular Hbond substituents is 1. The van der Waals surface area contributed by atoms with Crippen molar-refractivity contribution in [2.75, 3.05) is 20.3 Å². The number of hydrogen-bond donors (Lipinski definition) is 1. The molecule has 1 aromatic rings. The van der Waals surface area contributed by atoms with Crippen molar-refractivity contribution in [3.63, 3.8) is 0 Å². The van der Waals surface area contributed by atoms with Crippen molar-refractivity contribution in [3.8, 4) is 5.75 Å². The molecule has 2 rings (SSSR count). The molecule has 3 heteroatoms. The van der Waals surface area contributed by atoms with Crippen molar-refractivity contribution < 1.29 is 14.6 Å². The predicted octanol–water partition coefficient (Wildman–Crippen LogP) is 1.57. The van der Waals surface area contributed by atoms with E-state index in [1.165, 1.54) is 0 Å². The first-order valence-electron chi connectivity index (χ1n) is 4.61. The van der Waals surface area contributed by atoms with E-state index < -0.39 is 0 Å². The van der Waals surface area contributed by atoms with Crippen LogP contribution >= 0.6 is 0 Å². The summed E-state index contributed by atoms with van der Waals surface area (Å²) in [5.41, 5.74) is 1.89. The van der Waals surface area contributed by atoms with E-state index in [2.05, 4.69) is 0 Å². The average molecular weight is 194 g/mol. The first-order valence-corrected chi connectivity index (χ1v) is 4.61. The Morgan fingerprint density at radius 2 is 2.29 bits per heavy atom.